The van der Waals surface area contributed by atoms with E-state index in [0.717, 1.165) is 0 Å². The molecular formula is C9H8F3NO2S. The largest absolute Gasteiger partial charge is 0.464 e. The molecule has 3 nitrogen and oxygen atoms in total. The molecule has 0 fully saturated rings. The Hall–Kier alpha value is -1.37. The van der Waals surface area contributed by atoms with Gasteiger partial charge in [0.1, 0.15) is 0 Å². The van der Waals surface area contributed by atoms with Crippen LogP contribution in [0.4, 0.5) is 18.0 Å². The Kier molecular flexibility index (Phi) is 4.05. The molecule has 0 aromatic heterocycles. The maximum absolute atomic E-state index is 12.0. The molecular weight excluding hydrogens is 243 g/mol. The quantitative estimate of drug-likeness (QED) is 0.837. The molecule has 1 aromatic carbocycles. The number of hydrogen-bond acceptors (Lipinski definition) is 2. The molecule has 0 heterocycles. The number of amides is 1. The van der Waals surface area contributed by atoms with Crippen molar-refractivity contribution in [1.82, 2.24) is 4.31 Å². The lowest BCUT2D eigenvalue weighted by atomic mass is 10.2. The second-order valence-electron chi connectivity index (χ2n) is 2.84. The van der Waals surface area contributed by atoms with Gasteiger partial charge in [0.05, 0.1) is 18.5 Å². The first kappa shape index (κ1) is 12.7. The minimum absolute atomic E-state index is 0.245. The van der Waals surface area contributed by atoms with Crippen molar-refractivity contribution < 1.29 is 23.1 Å². The summed E-state index contributed by atoms with van der Waals surface area (Å²) in [6, 6.07) is 8.09. The Morgan fingerprint density at radius 1 is 1.31 bits per heavy atom. The van der Waals surface area contributed by atoms with E-state index in [1.165, 1.54) is 0 Å². The predicted molar refractivity (Wildman–Crippen MR) is 53.7 cm³/mol. The molecule has 1 amide bonds. The Balaban J connectivity index is 2.70. The third-order valence-corrected chi connectivity index (χ3v) is 2.31. The molecule has 1 rings (SSSR count). The number of carboxylic acid groups (broad SMARTS) is 1. The summed E-state index contributed by atoms with van der Waals surface area (Å²) in [4.78, 5) is 10.6. The van der Waals surface area contributed by atoms with Gasteiger partial charge in [0.25, 0.3) is 0 Å². The van der Waals surface area contributed by atoms with E-state index in [2.05, 4.69) is 0 Å². The van der Waals surface area contributed by atoms with E-state index >= 15 is 0 Å². The van der Waals surface area contributed by atoms with Crippen LogP contribution in [0.2, 0.25) is 0 Å². The Morgan fingerprint density at radius 3 is 2.31 bits per heavy atom. The van der Waals surface area contributed by atoms with E-state index in [4.69, 9.17) is 5.11 Å². The van der Waals surface area contributed by atoms with Crippen molar-refractivity contribution in [1.29, 1.82) is 0 Å². The van der Waals surface area contributed by atoms with Gasteiger partial charge < -0.3 is 5.11 Å². The summed E-state index contributed by atoms with van der Waals surface area (Å²) in [5, 5.41) is 8.60. The molecule has 0 spiro atoms. The number of halogens is 3. The van der Waals surface area contributed by atoms with Crippen LogP contribution < -0.4 is 0 Å². The first-order valence-electron chi connectivity index (χ1n) is 4.19. The van der Waals surface area contributed by atoms with Gasteiger partial charge in [-0.25, -0.2) is 9.10 Å². The van der Waals surface area contributed by atoms with Crippen LogP contribution >= 0.6 is 11.9 Å². The Labute approximate surface area is 94.0 Å². The molecule has 7 heteroatoms. The van der Waals surface area contributed by atoms with E-state index in [1.807, 2.05) is 0 Å². The Morgan fingerprint density at radius 2 is 1.88 bits per heavy atom. The molecule has 16 heavy (non-hydrogen) atoms. The van der Waals surface area contributed by atoms with Crippen LogP contribution in [-0.4, -0.2) is 21.0 Å². The zero-order chi connectivity index (χ0) is 12.2. The van der Waals surface area contributed by atoms with Gasteiger partial charge in [-0.3, -0.25) is 0 Å². The predicted octanol–water partition coefficient (Wildman–Crippen LogP) is 3.33. The molecule has 1 aromatic rings. The van der Waals surface area contributed by atoms with Crippen molar-refractivity contribution in [3.05, 3.63) is 35.9 Å². The second-order valence-corrected chi connectivity index (χ2v) is 3.93. The monoisotopic (exact) mass is 251 g/mol. The normalized spacial score (nSPS) is 11.2. The van der Waals surface area contributed by atoms with E-state index in [9.17, 15) is 18.0 Å². The average molecular weight is 251 g/mol. The molecule has 0 saturated heterocycles. The van der Waals surface area contributed by atoms with Gasteiger partial charge in [-0.15, -0.1) is 0 Å². The number of carbonyl (C=O) groups is 1. The fourth-order valence-electron chi connectivity index (χ4n) is 1.01. The van der Waals surface area contributed by atoms with Crippen molar-refractivity contribution in [3.63, 3.8) is 0 Å². The summed E-state index contributed by atoms with van der Waals surface area (Å²) in [5.41, 5.74) is -4.10. The number of alkyl halides is 3. The highest BCUT2D eigenvalue weighted by atomic mass is 32.2. The van der Waals surface area contributed by atoms with Crippen molar-refractivity contribution >= 4 is 18.0 Å². The van der Waals surface area contributed by atoms with Crippen LogP contribution in [0.25, 0.3) is 0 Å². The minimum Gasteiger partial charge on any atom is -0.464 e. The van der Waals surface area contributed by atoms with E-state index in [-0.39, 0.29) is 10.8 Å². The lowest BCUT2D eigenvalue weighted by molar-refractivity contribution is -0.0361. The molecule has 0 unspecified atom stereocenters. The lowest BCUT2D eigenvalue weighted by Crippen LogP contribution is -2.25. The molecule has 88 valence electrons. The van der Waals surface area contributed by atoms with Crippen LogP contribution in [-0.2, 0) is 6.54 Å². The molecule has 0 atom stereocenters. The zero-order valence-electron chi connectivity index (χ0n) is 7.94. The Bertz CT molecular complexity index is 356. The fourth-order valence-corrected chi connectivity index (χ4v) is 1.55. The number of nitrogens with zero attached hydrogens (tertiary/aromatic N) is 1. The van der Waals surface area contributed by atoms with Gasteiger partial charge in [-0.2, -0.15) is 13.2 Å². The number of benzene rings is 1. The van der Waals surface area contributed by atoms with Gasteiger partial charge in [-0.1, -0.05) is 30.3 Å². The van der Waals surface area contributed by atoms with E-state index in [1.54, 1.807) is 30.3 Å². The average Bonchev–Trinajstić information content (AvgIpc) is 2.16. The van der Waals surface area contributed by atoms with Gasteiger partial charge in [0.2, 0.25) is 0 Å². The highest BCUT2D eigenvalue weighted by molar-refractivity contribution is 7.98. The molecule has 1 N–H and O–H groups in total. The number of hydrogen-bond donors (Lipinski definition) is 1. The van der Waals surface area contributed by atoms with Crippen LogP contribution in [0.5, 0.6) is 0 Å². The van der Waals surface area contributed by atoms with Crippen molar-refractivity contribution in [2.24, 2.45) is 0 Å². The smallest absolute Gasteiger partial charge is 0.461 e. The van der Waals surface area contributed by atoms with Crippen molar-refractivity contribution in [3.8, 4) is 0 Å². The molecule has 0 aliphatic rings. The molecule has 0 radical (unpaired) electrons. The summed E-state index contributed by atoms with van der Waals surface area (Å²) in [6.45, 7) is -0.305. The molecule has 0 aliphatic heterocycles. The van der Waals surface area contributed by atoms with Crippen LogP contribution in [0.15, 0.2) is 30.3 Å². The van der Waals surface area contributed by atoms with Gasteiger partial charge >= 0.3 is 11.6 Å². The molecule has 0 saturated carbocycles. The standard InChI is InChI=1S/C9H8F3NO2S/c10-9(11,12)16-13(8(14)15)6-7-4-2-1-3-5-7/h1-5H,6H2,(H,14,15). The summed E-state index contributed by atoms with van der Waals surface area (Å²) in [6.07, 6.45) is -1.62. The summed E-state index contributed by atoms with van der Waals surface area (Å²) >= 11 is -0.661. The van der Waals surface area contributed by atoms with Gasteiger partial charge in [-0.05, 0) is 5.56 Å². The number of rotatable bonds is 3. The van der Waals surface area contributed by atoms with Crippen molar-refractivity contribution in [2.45, 2.75) is 12.1 Å². The van der Waals surface area contributed by atoms with Crippen molar-refractivity contribution in [2.75, 3.05) is 0 Å². The van der Waals surface area contributed by atoms with E-state index in [0.29, 0.717) is 5.56 Å². The second kappa shape index (κ2) is 5.11. The zero-order valence-corrected chi connectivity index (χ0v) is 8.76. The minimum atomic E-state index is -4.60. The summed E-state index contributed by atoms with van der Waals surface area (Å²) in [5.74, 6) is 0. The van der Waals surface area contributed by atoms with Gasteiger partial charge in [0.15, 0.2) is 0 Å². The SMILES string of the molecule is O=C(O)N(Cc1ccccc1)SC(F)(F)F. The maximum Gasteiger partial charge on any atom is 0.461 e. The summed E-state index contributed by atoms with van der Waals surface area (Å²) in [7, 11) is 0. The van der Waals surface area contributed by atoms with Crippen LogP contribution in [0.3, 0.4) is 0 Å². The summed E-state index contributed by atoms with van der Waals surface area (Å²) < 4.78 is 36.3. The molecule has 0 bridgehead atoms. The highest BCUT2D eigenvalue weighted by Gasteiger charge is 2.35. The highest BCUT2D eigenvalue weighted by Crippen LogP contribution is 2.34. The maximum atomic E-state index is 12.0. The lowest BCUT2D eigenvalue weighted by Gasteiger charge is -2.18. The third-order valence-electron chi connectivity index (χ3n) is 1.60. The van der Waals surface area contributed by atoms with Crippen LogP contribution in [0, 0.1) is 0 Å². The molecule has 0 aliphatic carbocycles. The third kappa shape index (κ3) is 4.43. The fraction of sp³-hybridized carbons (Fsp3) is 0.222. The van der Waals surface area contributed by atoms with Gasteiger partial charge in [0, 0.05) is 0 Å². The van der Waals surface area contributed by atoms with E-state index < -0.39 is 23.5 Å². The first-order valence-corrected chi connectivity index (χ1v) is 4.96. The van der Waals surface area contributed by atoms with Crippen LogP contribution in [0.1, 0.15) is 5.56 Å². The topological polar surface area (TPSA) is 40.5 Å². The first-order chi connectivity index (χ1) is 7.38.